The van der Waals surface area contributed by atoms with Gasteiger partial charge in [0.25, 0.3) is 0 Å². The number of hydrogen-bond acceptors (Lipinski definition) is 5. The molecule has 1 heterocycles. The van der Waals surface area contributed by atoms with Crippen LogP contribution in [-0.4, -0.2) is 28.0 Å². The summed E-state index contributed by atoms with van der Waals surface area (Å²) in [6, 6.07) is -0.0842. The fraction of sp³-hybridized carbons (Fsp3) is 0.750. The minimum absolute atomic E-state index is 0.0174. The SMILES string of the molecule is CCC(CCO)Nc1nnc(C(F)(F)F)s1. The molecule has 8 heteroatoms. The zero-order chi connectivity index (χ0) is 12.2. The number of aromatic nitrogens is 2. The Labute approximate surface area is 94.5 Å². The van der Waals surface area contributed by atoms with E-state index in [0.29, 0.717) is 24.2 Å². The van der Waals surface area contributed by atoms with Crippen molar-refractivity contribution in [3.63, 3.8) is 0 Å². The second kappa shape index (κ2) is 5.44. The summed E-state index contributed by atoms with van der Waals surface area (Å²) in [5.41, 5.74) is 0. The van der Waals surface area contributed by atoms with Crippen molar-refractivity contribution < 1.29 is 18.3 Å². The predicted octanol–water partition coefficient (Wildman–Crippen LogP) is 2.13. The zero-order valence-corrected chi connectivity index (χ0v) is 9.40. The third kappa shape index (κ3) is 3.60. The molecule has 0 spiro atoms. The third-order valence-corrected chi connectivity index (χ3v) is 2.86. The molecular weight excluding hydrogens is 243 g/mol. The molecule has 0 amide bonds. The lowest BCUT2D eigenvalue weighted by Crippen LogP contribution is -2.19. The fourth-order valence-electron chi connectivity index (χ4n) is 1.10. The number of nitrogens with zero attached hydrogens (tertiary/aromatic N) is 2. The van der Waals surface area contributed by atoms with Gasteiger partial charge in [0.15, 0.2) is 0 Å². The first-order valence-electron chi connectivity index (χ1n) is 4.75. The normalized spacial score (nSPS) is 13.8. The molecule has 0 aliphatic carbocycles. The monoisotopic (exact) mass is 255 g/mol. The molecule has 2 N–H and O–H groups in total. The van der Waals surface area contributed by atoms with Crippen LogP contribution < -0.4 is 5.32 Å². The first-order valence-corrected chi connectivity index (χ1v) is 5.57. The average Bonchev–Trinajstić information content (AvgIpc) is 2.65. The maximum atomic E-state index is 12.2. The van der Waals surface area contributed by atoms with E-state index < -0.39 is 11.2 Å². The average molecular weight is 255 g/mol. The molecule has 0 saturated carbocycles. The van der Waals surface area contributed by atoms with Gasteiger partial charge in [0.05, 0.1) is 0 Å². The Morgan fingerprint density at radius 1 is 1.44 bits per heavy atom. The summed E-state index contributed by atoms with van der Waals surface area (Å²) >= 11 is 0.469. The van der Waals surface area contributed by atoms with Gasteiger partial charge >= 0.3 is 6.18 Å². The molecular formula is C8H12F3N3OS. The number of nitrogens with one attached hydrogen (secondary N) is 1. The number of alkyl halides is 3. The van der Waals surface area contributed by atoms with E-state index in [9.17, 15) is 13.2 Å². The number of anilines is 1. The van der Waals surface area contributed by atoms with Crippen LogP contribution in [0.4, 0.5) is 18.3 Å². The van der Waals surface area contributed by atoms with Crippen LogP contribution in [0.2, 0.25) is 0 Å². The molecule has 0 aliphatic heterocycles. The largest absolute Gasteiger partial charge is 0.445 e. The van der Waals surface area contributed by atoms with Gasteiger partial charge in [-0.2, -0.15) is 13.2 Å². The molecule has 1 atom stereocenters. The highest BCUT2D eigenvalue weighted by molar-refractivity contribution is 7.15. The zero-order valence-electron chi connectivity index (χ0n) is 8.58. The lowest BCUT2D eigenvalue weighted by atomic mass is 10.2. The molecule has 1 unspecified atom stereocenters. The van der Waals surface area contributed by atoms with Crippen molar-refractivity contribution in [1.82, 2.24) is 10.2 Å². The molecule has 1 aromatic heterocycles. The van der Waals surface area contributed by atoms with E-state index in [2.05, 4.69) is 15.5 Å². The maximum Gasteiger partial charge on any atom is 0.445 e. The van der Waals surface area contributed by atoms with E-state index in [1.165, 1.54) is 0 Å². The number of rotatable bonds is 5. The van der Waals surface area contributed by atoms with Crippen LogP contribution in [0.25, 0.3) is 0 Å². The predicted molar refractivity (Wildman–Crippen MR) is 54.3 cm³/mol. The van der Waals surface area contributed by atoms with Gasteiger partial charge in [0.1, 0.15) is 0 Å². The second-order valence-electron chi connectivity index (χ2n) is 3.17. The summed E-state index contributed by atoms with van der Waals surface area (Å²) < 4.78 is 36.6. The lowest BCUT2D eigenvalue weighted by Gasteiger charge is -2.13. The molecule has 0 aromatic carbocycles. The maximum absolute atomic E-state index is 12.2. The van der Waals surface area contributed by atoms with Crippen LogP contribution in [-0.2, 0) is 6.18 Å². The van der Waals surface area contributed by atoms with E-state index in [4.69, 9.17) is 5.11 Å². The van der Waals surface area contributed by atoms with Crippen LogP contribution in [0.15, 0.2) is 0 Å². The standard InChI is InChI=1S/C8H12F3N3OS/c1-2-5(3-4-15)12-7-14-13-6(16-7)8(9,10)11/h5,15H,2-4H2,1H3,(H,12,14). The van der Waals surface area contributed by atoms with Crippen molar-refractivity contribution >= 4 is 16.5 Å². The summed E-state index contributed by atoms with van der Waals surface area (Å²) in [6.07, 6.45) is -3.28. The molecule has 16 heavy (non-hydrogen) atoms. The Morgan fingerprint density at radius 2 is 2.12 bits per heavy atom. The molecule has 1 aromatic rings. The van der Waals surface area contributed by atoms with E-state index in [0.717, 1.165) is 0 Å². The summed E-state index contributed by atoms with van der Waals surface area (Å²) in [5, 5.41) is 17.2. The van der Waals surface area contributed by atoms with Gasteiger partial charge in [-0.1, -0.05) is 18.3 Å². The minimum Gasteiger partial charge on any atom is -0.396 e. The van der Waals surface area contributed by atoms with E-state index in [-0.39, 0.29) is 17.8 Å². The van der Waals surface area contributed by atoms with Crippen LogP contribution in [0.1, 0.15) is 24.8 Å². The van der Waals surface area contributed by atoms with Gasteiger partial charge in [0.2, 0.25) is 10.1 Å². The van der Waals surface area contributed by atoms with Crippen molar-refractivity contribution in [3.8, 4) is 0 Å². The van der Waals surface area contributed by atoms with Crippen molar-refractivity contribution in [1.29, 1.82) is 0 Å². The summed E-state index contributed by atoms with van der Waals surface area (Å²) in [5.74, 6) is 0. The first kappa shape index (κ1) is 13.2. The Morgan fingerprint density at radius 3 is 2.56 bits per heavy atom. The van der Waals surface area contributed by atoms with E-state index in [1.54, 1.807) is 0 Å². The third-order valence-electron chi connectivity index (χ3n) is 1.97. The molecule has 92 valence electrons. The second-order valence-corrected chi connectivity index (χ2v) is 4.15. The quantitative estimate of drug-likeness (QED) is 0.846. The highest BCUT2D eigenvalue weighted by Crippen LogP contribution is 2.33. The number of halogens is 3. The molecule has 0 saturated heterocycles. The van der Waals surface area contributed by atoms with Gasteiger partial charge in [0, 0.05) is 12.6 Å². The van der Waals surface area contributed by atoms with Gasteiger partial charge in [-0.25, -0.2) is 0 Å². The van der Waals surface area contributed by atoms with E-state index in [1.807, 2.05) is 6.92 Å². The van der Waals surface area contributed by atoms with Gasteiger partial charge in [-0.3, -0.25) is 0 Å². The molecule has 0 aliphatic rings. The van der Waals surface area contributed by atoms with Gasteiger partial charge in [-0.05, 0) is 12.8 Å². The van der Waals surface area contributed by atoms with Crippen LogP contribution in [0.3, 0.4) is 0 Å². The number of aliphatic hydroxyl groups is 1. The number of aliphatic hydroxyl groups excluding tert-OH is 1. The summed E-state index contributed by atoms with van der Waals surface area (Å²) in [4.78, 5) is 0. The van der Waals surface area contributed by atoms with Crippen molar-refractivity contribution in [3.05, 3.63) is 5.01 Å². The van der Waals surface area contributed by atoms with Crippen LogP contribution in [0.5, 0.6) is 0 Å². The van der Waals surface area contributed by atoms with Crippen LogP contribution >= 0.6 is 11.3 Å². The van der Waals surface area contributed by atoms with Gasteiger partial charge < -0.3 is 10.4 Å². The molecule has 0 radical (unpaired) electrons. The Balaban J connectivity index is 2.64. The summed E-state index contributed by atoms with van der Waals surface area (Å²) in [7, 11) is 0. The lowest BCUT2D eigenvalue weighted by molar-refractivity contribution is -0.138. The van der Waals surface area contributed by atoms with Crippen molar-refractivity contribution in [2.24, 2.45) is 0 Å². The smallest absolute Gasteiger partial charge is 0.396 e. The molecule has 0 fully saturated rings. The minimum atomic E-state index is -4.45. The highest BCUT2D eigenvalue weighted by Gasteiger charge is 2.35. The first-order chi connectivity index (χ1) is 7.47. The highest BCUT2D eigenvalue weighted by atomic mass is 32.1. The van der Waals surface area contributed by atoms with E-state index >= 15 is 0 Å². The molecule has 4 nitrogen and oxygen atoms in total. The summed E-state index contributed by atoms with van der Waals surface area (Å²) in [6.45, 7) is 1.86. The molecule has 1 rings (SSSR count). The Hall–Kier alpha value is -0.890. The van der Waals surface area contributed by atoms with Crippen LogP contribution in [0, 0.1) is 0 Å². The molecule has 0 bridgehead atoms. The fourth-order valence-corrected chi connectivity index (χ4v) is 1.79. The van der Waals surface area contributed by atoms with Crippen molar-refractivity contribution in [2.45, 2.75) is 32.0 Å². The Bertz CT molecular complexity index is 329. The van der Waals surface area contributed by atoms with Gasteiger partial charge in [-0.15, -0.1) is 10.2 Å². The number of hydrogen-bond donors (Lipinski definition) is 2. The topological polar surface area (TPSA) is 58.0 Å². The van der Waals surface area contributed by atoms with Crippen molar-refractivity contribution in [2.75, 3.05) is 11.9 Å². The Kier molecular flexibility index (Phi) is 4.48.